The molecule has 0 aromatic rings. The van der Waals surface area contributed by atoms with Crippen LogP contribution < -0.4 is 5.32 Å². The van der Waals surface area contributed by atoms with E-state index in [1.807, 2.05) is 6.92 Å². The van der Waals surface area contributed by atoms with Crippen LogP contribution in [0.3, 0.4) is 0 Å². The van der Waals surface area contributed by atoms with Gasteiger partial charge in [-0.25, -0.2) is 0 Å². The Balaban J connectivity index is 2.15. The Labute approximate surface area is 99.3 Å². The molecule has 0 unspecified atom stereocenters. The fourth-order valence-electron chi connectivity index (χ4n) is 2.27. The van der Waals surface area contributed by atoms with Gasteiger partial charge in [0.05, 0.1) is 13.2 Å². The molecule has 3 heteroatoms. The molecule has 0 bridgehead atoms. The summed E-state index contributed by atoms with van der Waals surface area (Å²) in [6.45, 7) is 6.05. The molecular weight excluding hydrogens is 202 g/mol. The summed E-state index contributed by atoms with van der Waals surface area (Å²) in [7, 11) is 0. The van der Waals surface area contributed by atoms with Crippen molar-refractivity contribution in [1.82, 2.24) is 5.32 Å². The fourth-order valence-corrected chi connectivity index (χ4v) is 2.27. The highest BCUT2D eigenvalue weighted by atomic mass is 16.3. The van der Waals surface area contributed by atoms with Crippen LogP contribution in [0, 0.1) is 17.3 Å². The van der Waals surface area contributed by atoms with Gasteiger partial charge in [0.15, 0.2) is 0 Å². The van der Waals surface area contributed by atoms with Crippen molar-refractivity contribution >= 4 is 0 Å². The quantitative estimate of drug-likeness (QED) is 0.645. The second-order valence-electron chi connectivity index (χ2n) is 5.88. The average molecular weight is 229 g/mol. The molecule has 0 radical (unpaired) electrons. The van der Waals surface area contributed by atoms with Gasteiger partial charge >= 0.3 is 0 Å². The zero-order valence-corrected chi connectivity index (χ0v) is 10.7. The van der Waals surface area contributed by atoms with Gasteiger partial charge in [-0.1, -0.05) is 26.7 Å². The SMILES string of the molecule is CC1CCC(CNCC(C)(CO)CO)CC1. The van der Waals surface area contributed by atoms with E-state index < -0.39 is 0 Å². The first kappa shape index (κ1) is 13.9. The largest absolute Gasteiger partial charge is 0.396 e. The topological polar surface area (TPSA) is 52.5 Å². The first-order valence-corrected chi connectivity index (χ1v) is 6.52. The number of aliphatic hydroxyl groups is 2. The Morgan fingerprint density at radius 2 is 1.69 bits per heavy atom. The average Bonchev–Trinajstić information content (AvgIpc) is 2.31. The second kappa shape index (κ2) is 6.58. The van der Waals surface area contributed by atoms with Gasteiger partial charge in [0.1, 0.15) is 0 Å². The van der Waals surface area contributed by atoms with E-state index in [1.165, 1.54) is 25.7 Å². The van der Waals surface area contributed by atoms with Crippen molar-refractivity contribution in [2.75, 3.05) is 26.3 Å². The van der Waals surface area contributed by atoms with Gasteiger partial charge in [-0.05, 0) is 31.2 Å². The van der Waals surface area contributed by atoms with E-state index in [9.17, 15) is 0 Å². The Morgan fingerprint density at radius 1 is 1.12 bits per heavy atom. The molecule has 0 heterocycles. The summed E-state index contributed by atoms with van der Waals surface area (Å²) in [6.07, 6.45) is 5.35. The van der Waals surface area contributed by atoms with E-state index in [-0.39, 0.29) is 18.6 Å². The van der Waals surface area contributed by atoms with Gasteiger partial charge in [-0.2, -0.15) is 0 Å². The van der Waals surface area contributed by atoms with Crippen molar-refractivity contribution < 1.29 is 10.2 Å². The normalized spacial score (nSPS) is 27.0. The van der Waals surface area contributed by atoms with Gasteiger partial charge in [0, 0.05) is 12.0 Å². The molecule has 0 aliphatic heterocycles. The van der Waals surface area contributed by atoms with E-state index in [2.05, 4.69) is 12.2 Å². The van der Waals surface area contributed by atoms with E-state index in [0.29, 0.717) is 6.54 Å². The molecular formula is C13H27NO2. The van der Waals surface area contributed by atoms with Crippen LogP contribution in [0.5, 0.6) is 0 Å². The summed E-state index contributed by atoms with van der Waals surface area (Å²) in [5.41, 5.74) is -0.373. The fraction of sp³-hybridized carbons (Fsp3) is 1.00. The minimum absolute atomic E-state index is 0.0399. The summed E-state index contributed by atoms with van der Waals surface area (Å²) in [6, 6.07) is 0. The lowest BCUT2D eigenvalue weighted by molar-refractivity contribution is 0.0683. The maximum Gasteiger partial charge on any atom is 0.0518 e. The predicted octanol–water partition coefficient (Wildman–Crippen LogP) is 1.39. The standard InChI is InChI=1S/C13H27NO2/c1-11-3-5-12(6-4-11)7-14-8-13(2,9-15)10-16/h11-12,14-16H,3-10H2,1-2H3. The Morgan fingerprint density at radius 3 is 2.19 bits per heavy atom. The van der Waals surface area contributed by atoms with Crippen LogP contribution in [0.25, 0.3) is 0 Å². The Hall–Kier alpha value is -0.120. The third-order valence-corrected chi connectivity index (χ3v) is 3.88. The second-order valence-corrected chi connectivity index (χ2v) is 5.88. The number of hydrogen-bond donors (Lipinski definition) is 3. The highest BCUT2D eigenvalue weighted by molar-refractivity contribution is 4.77. The van der Waals surface area contributed by atoms with Gasteiger partial charge in [0.2, 0.25) is 0 Å². The van der Waals surface area contributed by atoms with Crippen LogP contribution >= 0.6 is 0 Å². The third kappa shape index (κ3) is 4.40. The van der Waals surface area contributed by atoms with Crippen LogP contribution in [-0.2, 0) is 0 Å². The lowest BCUT2D eigenvalue weighted by atomic mass is 9.83. The minimum Gasteiger partial charge on any atom is -0.396 e. The van der Waals surface area contributed by atoms with Crippen molar-refractivity contribution in [3.8, 4) is 0 Å². The molecule has 0 saturated heterocycles. The van der Waals surface area contributed by atoms with Gasteiger partial charge < -0.3 is 15.5 Å². The van der Waals surface area contributed by atoms with Gasteiger partial charge in [-0.3, -0.25) is 0 Å². The van der Waals surface area contributed by atoms with Crippen molar-refractivity contribution in [3.63, 3.8) is 0 Å². The highest BCUT2D eigenvalue weighted by Gasteiger charge is 2.23. The molecule has 3 N–H and O–H groups in total. The lowest BCUT2D eigenvalue weighted by Gasteiger charge is -2.29. The third-order valence-electron chi connectivity index (χ3n) is 3.88. The minimum atomic E-state index is -0.373. The Kier molecular flexibility index (Phi) is 5.73. The molecule has 0 aromatic carbocycles. The summed E-state index contributed by atoms with van der Waals surface area (Å²) < 4.78 is 0. The molecule has 0 atom stereocenters. The first-order chi connectivity index (χ1) is 7.59. The van der Waals surface area contributed by atoms with Crippen molar-refractivity contribution in [2.45, 2.75) is 39.5 Å². The number of aliphatic hydroxyl groups excluding tert-OH is 2. The molecule has 16 heavy (non-hydrogen) atoms. The molecule has 1 aliphatic rings. The Bertz CT molecular complexity index is 184. The van der Waals surface area contributed by atoms with E-state index in [0.717, 1.165) is 18.4 Å². The van der Waals surface area contributed by atoms with Gasteiger partial charge in [-0.15, -0.1) is 0 Å². The maximum absolute atomic E-state index is 9.16. The van der Waals surface area contributed by atoms with E-state index in [4.69, 9.17) is 10.2 Å². The van der Waals surface area contributed by atoms with Crippen molar-refractivity contribution in [3.05, 3.63) is 0 Å². The van der Waals surface area contributed by atoms with Crippen molar-refractivity contribution in [2.24, 2.45) is 17.3 Å². The highest BCUT2D eigenvalue weighted by Crippen LogP contribution is 2.27. The summed E-state index contributed by atoms with van der Waals surface area (Å²) in [4.78, 5) is 0. The number of rotatable bonds is 6. The number of hydrogen-bond acceptors (Lipinski definition) is 3. The van der Waals surface area contributed by atoms with Crippen LogP contribution in [0.15, 0.2) is 0 Å². The smallest absolute Gasteiger partial charge is 0.0518 e. The predicted molar refractivity (Wildman–Crippen MR) is 66.3 cm³/mol. The first-order valence-electron chi connectivity index (χ1n) is 6.52. The zero-order valence-electron chi connectivity index (χ0n) is 10.7. The monoisotopic (exact) mass is 229 g/mol. The molecule has 96 valence electrons. The molecule has 3 nitrogen and oxygen atoms in total. The summed E-state index contributed by atoms with van der Waals surface area (Å²) >= 11 is 0. The van der Waals surface area contributed by atoms with E-state index >= 15 is 0 Å². The molecule has 1 saturated carbocycles. The zero-order chi connectivity index (χ0) is 12.0. The molecule has 0 spiro atoms. The lowest BCUT2D eigenvalue weighted by Crippen LogP contribution is -2.40. The van der Waals surface area contributed by atoms with Crippen LogP contribution in [-0.4, -0.2) is 36.5 Å². The molecule has 0 aromatic heterocycles. The molecule has 1 aliphatic carbocycles. The van der Waals surface area contributed by atoms with Crippen LogP contribution in [0.4, 0.5) is 0 Å². The van der Waals surface area contributed by atoms with E-state index in [1.54, 1.807) is 0 Å². The van der Waals surface area contributed by atoms with Crippen molar-refractivity contribution in [1.29, 1.82) is 0 Å². The van der Waals surface area contributed by atoms with Crippen LogP contribution in [0.1, 0.15) is 39.5 Å². The van der Waals surface area contributed by atoms with Crippen LogP contribution in [0.2, 0.25) is 0 Å². The van der Waals surface area contributed by atoms with Gasteiger partial charge in [0.25, 0.3) is 0 Å². The molecule has 1 fully saturated rings. The molecule has 1 rings (SSSR count). The summed E-state index contributed by atoms with van der Waals surface area (Å²) in [5, 5.41) is 21.7. The molecule has 0 amide bonds. The number of nitrogens with one attached hydrogen (secondary N) is 1. The maximum atomic E-state index is 9.16. The summed E-state index contributed by atoms with van der Waals surface area (Å²) in [5.74, 6) is 1.69.